The Morgan fingerprint density at radius 3 is 1.70 bits per heavy atom. The van der Waals surface area contributed by atoms with E-state index in [1.54, 1.807) is 0 Å². The average Bonchev–Trinajstić information content (AvgIpc) is 3.78. The first-order valence-corrected chi connectivity index (χ1v) is 20.2. The lowest BCUT2D eigenvalue weighted by molar-refractivity contribution is -0.247. The second-order valence-electron chi connectivity index (χ2n) is 12.0. The Morgan fingerprint density at radius 1 is 0.768 bits per heavy atom. The Kier molecular flexibility index (Phi) is 15.2. The number of anilines is 1. The lowest BCUT2D eigenvalue weighted by atomic mass is 10.1. The largest absolute Gasteiger partial charge is 0.756 e. The molecule has 3 fully saturated rings. The second-order valence-corrected chi connectivity index (χ2v) is 16.2. The van der Waals surface area contributed by atoms with Crippen LogP contribution in [0.5, 0.6) is 0 Å². The molecular formula is C24H38N7O22P3-2. The number of phosphoric acid groups is 3. The van der Waals surface area contributed by atoms with Crippen LogP contribution >= 0.6 is 23.5 Å². The molecule has 56 heavy (non-hydrogen) atoms. The molecule has 0 bridgehead atoms. The number of hydrogen-bond acceptors (Lipinski definition) is 24. The molecule has 2 aromatic rings. The summed E-state index contributed by atoms with van der Waals surface area (Å²) in [6.45, 7) is -0.262. The van der Waals surface area contributed by atoms with Gasteiger partial charge in [0, 0.05) is 13.8 Å². The Hall–Kier alpha value is -2.70. The van der Waals surface area contributed by atoms with Crippen LogP contribution in [0.2, 0.25) is 0 Å². The monoisotopic (exact) mass is 869 g/mol. The number of nitrogens with zero attached hydrogens (tertiary/aromatic N) is 4. The van der Waals surface area contributed by atoms with Gasteiger partial charge in [-0.2, -0.15) is 0 Å². The highest BCUT2D eigenvalue weighted by Crippen LogP contribution is 2.56. The zero-order valence-corrected chi connectivity index (χ0v) is 31.4. The number of amides is 2. The minimum absolute atomic E-state index is 0.0399. The van der Waals surface area contributed by atoms with Crippen molar-refractivity contribution in [2.75, 3.05) is 25.6 Å². The Morgan fingerprint density at radius 2 is 1.23 bits per heavy atom. The van der Waals surface area contributed by atoms with Crippen molar-refractivity contribution in [3.63, 3.8) is 0 Å². The standard InChI is InChI=1S/C17H26N6O14P2.C7H14NO8P/c1-6(24)22-9-11(25)7(36-17(9)28)2-33-38(29,30)37-39(31,32)34-3-8-12(26)13(27)16(35-8)23-5-21-10-14(18)19-4-20-15(10)23;1-3(9)8-5-6(10)4(16-7(5)11)2-15-17(12,13)14/h4-5,7-9,11-13,16-17,25-28H,2-3H2,1H3,(H,22,24)(H,29,30)(H,31,32)(H2,18,19,20);4-7,10-11H,2H2,1H3,(H,8,9)(H2,12,13,14)/p-2/t7-,8-,9?,11+,12?,13?,16-,17?;4-,5?,6+,7?/m11/s1. The number of carbonyl (C=O) groups excluding carboxylic acids is 2. The maximum Gasteiger partial charge on any atom is 0.469 e. The normalized spacial score (nSPS) is 34.0. The highest BCUT2D eigenvalue weighted by atomic mass is 31.3. The van der Waals surface area contributed by atoms with Crippen molar-refractivity contribution < 1.29 is 106 Å². The van der Waals surface area contributed by atoms with Gasteiger partial charge < -0.3 is 89.8 Å². The molecule has 3 aliphatic heterocycles. The van der Waals surface area contributed by atoms with E-state index in [9.17, 15) is 63.7 Å². The van der Waals surface area contributed by atoms with Crippen molar-refractivity contribution in [3.8, 4) is 0 Å². The van der Waals surface area contributed by atoms with Crippen molar-refractivity contribution in [1.29, 1.82) is 0 Å². The molecule has 29 nitrogen and oxygen atoms in total. The van der Waals surface area contributed by atoms with Gasteiger partial charge in [0.2, 0.25) is 11.8 Å². The molecule has 32 heteroatoms. The number of fused-ring (bicyclic) bond motifs is 1. The Bertz CT molecular complexity index is 1840. The van der Waals surface area contributed by atoms with Crippen molar-refractivity contribution in [2.45, 2.75) is 87.5 Å². The third-order valence-electron chi connectivity index (χ3n) is 7.88. The number of nitrogen functional groups attached to an aromatic ring is 1. The van der Waals surface area contributed by atoms with Gasteiger partial charge in [-0.3, -0.25) is 27.8 Å². The number of nitrogens with two attached hydrogens (primary N) is 1. The number of carbonyl (C=O) groups is 2. The summed E-state index contributed by atoms with van der Waals surface area (Å²) in [7, 11) is -16.0. The summed E-state index contributed by atoms with van der Waals surface area (Å²) in [4.78, 5) is 74.7. The van der Waals surface area contributed by atoms with Gasteiger partial charge in [-0.1, -0.05) is 0 Å². The van der Waals surface area contributed by atoms with Crippen molar-refractivity contribution in [3.05, 3.63) is 12.7 Å². The molecule has 8 unspecified atom stereocenters. The molecule has 5 rings (SSSR count). The van der Waals surface area contributed by atoms with Crippen molar-refractivity contribution in [1.82, 2.24) is 30.2 Å². The van der Waals surface area contributed by atoms with Crippen LogP contribution in [0.3, 0.4) is 0 Å². The summed E-state index contributed by atoms with van der Waals surface area (Å²) in [5, 5.41) is 64.0. The van der Waals surface area contributed by atoms with Crippen LogP contribution in [0.4, 0.5) is 5.82 Å². The summed E-state index contributed by atoms with van der Waals surface area (Å²) in [6.07, 6.45) is -12.4. The number of ether oxygens (including phenoxy) is 3. The second kappa shape index (κ2) is 18.5. The van der Waals surface area contributed by atoms with Crippen LogP contribution in [-0.2, 0) is 55.4 Å². The predicted molar refractivity (Wildman–Crippen MR) is 171 cm³/mol. The van der Waals surface area contributed by atoms with Gasteiger partial charge in [-0.05, 0) is 0 Å². The molecule has 3 aliphatic rings. The zero-order chi connectivity index (χ0) is 41.9. The molecule has 0 spiro atoms. The fraction of sp³-hybridized carbons (Fsp3) is 0.708. The highest BCUT2D eigenvalue weighted by molar-refractivity contribution is 7.59. The topological polar surface area (TPSA) is 452 Å². The van der Waals surface area contributed by atoms with Crippen molar-refractivity contribution >= 4 is 52.3 Å². The summed E-state index contributed by atoms with van der Waals surface area (Å²) < 4.78 is 68.0. The number of aliphatic hydroxyl groups is 6. The molecule has 14 atom stereocenters. The molecule has 12 N–H and O–H groups in total. The number of aromatic nitrogens is 4. The van der Waals surface area contributed by atoms with Crippen molar-refractivity contribution in [2.24, 2.45) is 0 Å². The predicted octanol–water partition coefficient (Wildman–Crippen LogP) is -6.72. The SMILES string of the molecule is CC(=O)NC1C(O)O[C@H](COP(=O)(O)O)[C@@H]1O.CC(=O)NC1C(O)O[C@H](COP(=O)([O-])OP(=O)([O-])OC[C@H]2O[C@@H](n3cnc4c(N)ncnc43)C(O)C2O)[C@@H]1O. The summed E-state index contributed by atoms with van der Waals surface area (Å²) in [6, 6.07) is -2.35. The summed E-state index contributed by atoms with van der Waals surface area (Å²) in [5.74, 6) is -1.05. The molecule has 0 aliphatic carbocycles. The van der Waals surface area contributed by atoms with E-state index in [0.29, 0.717) is 0 Å². The Labute approximate surface area is 313 Å². The van der Waals surface area contributed by atoms with E-state index in [4.69, 9.17) is 29.7 Å². The van der Waals surface area contributed by atoms with E-state index >= 15 is 0 Å². The minimum atomic E-state index is -5.65. The van der Waals surface area contributed by atoms with Crippen LogP contribution in [-0.4, -0.2) is 159 Å². The van der Waals surface area contributed by atoms with E-state index in [0.717, 1.165) is 13.3 Å². The summed E-state index contributed by atoms with van der Waals surface area (Å²) >= 11 is 0. The summed E-state index contributed by atoms with van der Waals surface area (Å²) in [5.41, 5.74) is 6.04. The number of nitrogens with one attached hydrogen (secondary N) is 2. The first kappa shape index (κ1) is 46.0. The molecule has 0 aromatic carbocycles. The molecule has 2 aromatic heterocycles. The molecule has 0 radical (unpaired) electrons. The van der Waals surface area contributed by atoms with E-state index in [1.165, 1.54) is 17.8 Å². The number of hydrogen-bond donors (Lipinski definition) is 11. The third-order valence-corrected chi connectivity index (χ3v) is 10.9. The van der Waals surface area contributed by atoms with E-state index in [2.05, 4.69) is 43.5 Å². The van der Waals surface area contributed by atoms with Crippen LogP contribution in [0, 0.1) is 0 Å². The highest BCUT2D eigenvalue weighted by Gasteiger charge is 2.47. The average molecular weight is 870 g/mol. The number of aliphatic hydroxyl groups excluding tert-OH is 6. The Balaban J connectivity index is 0.000000343. The van der Waals surface area contributed by atoms with Gasteiger partial charge in [0.1, 0.15) is 66.7 Å². The molecule has 5 heterocycles. The van der Waals surface area contributed by atoms with Crippen LogP contribution in [0.1, 0.15) is 20.1 Å². The molecule has 0 saturated carbocycles. The number of imidazole rings is 1. The van der Waals surface area contributed by atoms with Gasteiger partial charge in [-0.25, -0.2) is 23.8 Å². The fourth-order valence-electron chi connectivity index (χ4n) is 5.37. The third kappa shape index (κ3) is 11.9. The van der Waals surface area contributed by atoms with Gasteiger partial charge >= 0.3 is 7.82 Å². The van der Waals surface area contributed by atoms with Gasteiger partial charge in [0.05, 0.1) is 26.1 Å². The zero-order valence-electron chi connectivity index (χ0n) is 28.7. The first-order chi connectivity index (χ1) is 25.9. The molecule has 318 valence electrons. The number of phosphoric ester groups is 3. The van der Waals surface area contributed by atoms with E-state index in [1.807, 2.05) is 0 Å². The van der Waals surface area contributed by atoms with Gasteiger partial charge in [0.15, 0.2) is 30.3 Å². The van der Waals surface area contributed by atoms with Crippen LogP contribution in [0.25, 0.3) is 11.2 Å². The maximum atomic E-state index is 12.1. The first-order valence-electron chi connectivity index (χ1n) is 15.7. The maximum absolute atomic E-state index is 12.1. The minimum Gasteiger partial charge on any atom is -0.756 e. The smallest absolute Gasteiger partial charge is 0.469 e. The molecule has 3 saturated heterocycles. The quantitative estimate of drug-likeness (QED) is 0.0786. The molecular weight excluding hydrogens is 831 g/mol. The van der Waals surface area contributed by atoms with Gasteiger partial charge in [0.25, 0.3) is 15.6 Å². The molecule has 2 amide bonds. The number of rotatable bonds is 14. The van der Waals surface area contributed by atoms with E-state index < -0.39 is 129 Å². The fourth-order valence-corrected chi connectivity index (χ4v) is 7.73. The lowest BCUT2D eigenvalue weighted by Gasteiger charge is -2.32. The lowest BCUT2D eigenvalue weighted by Crippen LogP contribution is -2.47. The van der Waals surface area contributed by atoms with Crippen LogP contribution in [0.15, 0.2) is 12.7 Å². The van der Waals surface area contributed by atoms with Crippen LogP contribution < -0.4 is 26.2 Å². The van der Waals surface area contributed by atoms with Gasteiger partial charge in [-0.15, -0.1) is 0 Å². The van der Waals surface area contributed by atoms with E-state index in [-0.39, 0.29) is 17.0 Å².